The molecule has 0 aromatic heterocycles. The number of hydrogen-bond acceptors (Lipinski definition) is 3. The molecule has 6 nitrogen and oxygen atoms in total. The minimum absolute atomic E-state index is 0.117. The van der Waals surface area contributed by atoms with Crippen LogP contribution >= 0.6 is 0 Å². The molecule has 0 aliphatic carbocycles. The Morgan fingerprint density at radius 1 is 1.03 bits per heavy atom. The third kappa shape index (κ3) is 6.19. The number of nitrogens with one attached hydrogen (secondary N) is 2. The molecule has 3 aliphatic rings. The van der Waals surface area contributed by atoms with Gasteiger partial charge in [-0.1, -0.05) is 32.4 Å². The lowest BCUT2D eigenvalue weighted by Crippen LogP contribution is -2.49. The van der Waals surface area contributed by atoms with Gasteiger partial charge in [0.2, 0.25) is 5.91 Å². The van der Waals surface area contributed by atoms with Crippen LogP contribution in [0, 0.1) is 11.2 Å². The van der Waals surface area contributed by atoms with Crippen LogP contribution in [0.2, 0.25) is 0 Å². The number of alkyl halides is 3. The van der Waals surface area contributed by atoms with E-state index in [0.29, 0.717) is 25.0 Å². The number of carbonyl (C=O) groups is 2. The molecule has 1 aromatic carbocycles. The average molecular weight is 511 g/mol. The number of urea groups is 1. The molecule has 3 heterocycles. The Morgan fingerprint density at radius 2 is 1.72 bits per heavy atom. The van der Waals surface area contributed by atoms with Crippen LogP contribution in [0.15, 0.2) is 29.8 Å². The number of rotatable bonds is 4. The number of benzene rings is 1. The third-order valence-electron chi connectivity index (χ3n) is 7.18. The van der Waals surface area contributed by atoms with Crippen LogP contribution in [-0.4, -0.2) is 59.5 Å². The molecule has 0 radical (unpaired) electrons. The van der Waals surface area contributed by atoms with E-state index in [9.17, 15) is 27.2 Å². The molecule has 0 spiro atoms. The largest absolute Gasteiger partial charge is 0.416 e. The van der Waals surface area contributed by atoms with Gasteiger partial charge in [0.15, 0.2) is 0 Å². The van der Waals surface area contributed by atoms with Gasteiger partial charge < -0.3 is 15.5 Å². The lowest BCUT2D eigenvalue weighted by molar-refractivity contribution is -0.142. The molecule has 3 amide bonds. The molecule has 1 aromatic rings. The van der Waals surface area contributed by atoms with Crippen molar-refractivity contribution in [3.8, 4) is 0 Å². The van der Waals surface area contributed by atoms with Gasteiger partial charge in [-0.2, -0.15) is 13.2 Å². The van der Waals surface area contributed by atoms with Crippen molar-refractivity contribution < 1.29 is 27.2 Å². The normalized spacial score (nSPS) is 23.4. The fourth-order valence-electron chi connectivity index (χ4n) is 5.44. The summed E-state index contributed by atoms with van der Waals surface area (Å²) in [7, 11) is 0. The summed E-state index contributed by atoms with van der Waals surface area (Å²) in [4.78, 5) is 29.6. The highest BCUT2D eigenvalue weighted by Crippen LogP contribution is 2.38. The molecule has 2 saturated heterocycles. The Hall–Kier alpha value is -2.62. The lowest BCUT2D eigenvalue weighted by atomic mass is 9.91. The smallest absolute Gasteiger partial charge is 0.335 e. The van der Waals surface area contributed by atoms with Crippen molar-refractivity contribution in [2.75, 3.05) is 25.0 Å². The van der Waals surface area contributed by atoms with Crippen LogP contribution in [0.3, 0.4) is 0 Å². The predicted octanol–water partition coefficient (Wildman–Crippen LogP) is 5.17. The standard InChI is InChI=1S/C26H34F4N4O2/c1-25(2,3)23(35)34-21-4-5-22(34)11-16(10-21)15-33-8-6-19(7-9-33)31-24(36)32-20-13-17(26(28,29)30)12-18(27)14-20/h10,12-14,19,21-22H,4-9,11,15H2,1-3H3,(H2,31,32,36). The summed E-state index contributed by atoms with van der Waals surface area (Å²) >= 11 is 0. The van der Waals surface area contributed by atoms with Gasteiger partial charge in [0, 0.05) is 42.8 Å². The number of fused-ring (bicyclic) bond motifs is 2. The highest BCUT2D eigenvalue weighted by molar-refractivity contribution is 5.89. The molecule has 0 saturated carbocycles. The third-order valence-corrected chi connectivity index (χ3v) is 7.18. The molecule has 2 atom stereocenters. The molecule has 2 unspecified atom stereocenters. The monoisotopic (exact) mass is 510 g/mol. The second-order valence-electron chi connectivity index (χ2n) is 11.2. The number of likely N-dealkylation sites (tertiary alicyclic amines) is 1. The van der Waals surface area contributed by atoms with Gasteiger partial charge >= 0.3 is 12.2 Å². The van der Waals surface area contributed by atoms with Crippen molar-refractivity contribution in [1.82, 2.24) is 15.1 Å². The fourth-order valence-corrected chi connectivity index (χ4v) is 5.44. The quantitative estimate of drug-likeness (QED) is 0.434. The van der Waals surface area contributed by atoms with Crippen molar-refractivity contribution in [2.24, 2.45) is 5.41 Å². The van der Waals surface area contributed by atoms with Crippen LogP contribution in [0.25, 0.3) is 0 Å². The molecular formula is C26H34F4N4O2. The first-order valence-electron chi connectivity index (χ1n) is 12.5. The maximum absolute atomic E-state index is 13.6. The van der Waals surface area contributed by atoms with Gasteiger partial charge in [-0.3, -0.25) is 9.69 Å². The highest BCUT2D eigenvalue weighted by atomic mass is 19.4. The molecule has 36 heavy (non-hydrogen) atoms. The van der Waals surface area contributed by atoms with Crippen LogP contribution in [0.5, 0.6) is 0 Å². The Morgan fingerprint density at radius 3 is 2.33 bits per heavy atom. The van der Waals surface area contributed by atoms with E-state index in [1.165, 1.54) is 5.57 Å². The van der Waals surface area contributed by atoms with E-state index in [-0.39, 0.29) is 35.1 Å². The van der Waals surface area contributed by atoms with Gasteiger partial charge in [-0.25, -0.2) is 9.18 Å². The van der Waals surface area contributed by atoms with Gasteiger partial charge in [0.25, 0.3) is 0 Å². The second kappa shape index (κ2) is 10.0. The number of nitrogens with zero attached hydrogens (tertiary/aromatic N) is 2. The van der Waals surface area contributed by atoms with Crippen molar-refractivity contribution in [3.05, 3.63) is 41.2 Å². The first-order valence-corrected chi connectivity index (χ1v) is 12.5. The summed E-state index contributed by atoms with van der Waals surface area (Å²) in [5.74, 6) is -0.854. The van der Waals surface area contributed by atoms with E-state index in [1.54, 1.807) is 0 Å². The van der Waals surface area contributed by atoms with E-state index >= 15 is 0 Å². The first-order chi connectivity index (χ1) is 16.8. The van der Waals surface area contributed by atoms with E-state index in [0.717, 1.165) is 45.0 Å². The highest BCUT2D eigenvalue weighted by Gasteiger charge is 2.43. The summed E-state index contributed by atoms with van der Waals surface area (Å²) in [5.41, 5.74) is -0.420. The van der Waals surface area contributed by atoms with Crippen LogP contribution in [0.4, 0.5) is 28.0 Å². The number of halogens is 4. The van der Waals surface area contributed by atoms with Gasteiger partial charge in [-0.15, -0.1) is 0 Å². The second-order valence-corrected chi connectivity index (χ2v) is 11.2. The van der Waals surface area contributed by atoms with Crippen molar-refractivity contribution >= 4 is 17.6 Å². The number of hydrogen-bond donors (Lipinski definition) is 2. The maximum atomic E-state index is 13.6. The van der Waals surface area contributed by atoms with Crippen molar-refractivity contribution in [2.45, 2.75) is 77.2 Å². The molecule has 2 bridgehead atoms. The lowest BCUT2D eigenvalue weighted by Gasteiger charge is -2.39. The minimum atomic E-state index is -4.70. The molecule has 2 fully saturated rings. The van der Waals surface area contributed by atoms with Crippen LogP contribution in [-0.2, 0) is 11.0 Å². The molecule has 3 aliphatic heterocycles. The molecular weight excluding hydrogens is 476 g/mol. The zero-order chi connectivity index (χ0) is 26.3. The summed E-state index contributed by atoms with van der Waals surface area (Å²) in [5, 5.41) is 5.10. The summed E-state index contributed by atoms with van der Waals surface area (Å²) in [6.07, 6.45) is 1.91. The Kier molecular flexibility index (Phi) is 7.37. The Bertz CT molecular complexity index is 1030. The molecule has 198 valence electrons. The zero-order valence-electron chi connectivity index (χ0n) is 20.9. The summed E-state index contributed by atoms with van der Waals surface area (Å²) in [6.45, 7) is 8.28. The summed E-state index contributed by atoms with van der Waals surface area (Å²) in [6, 6.07) is 1.65. The summed E-state index contributed by atoms with van der Waals surface area (Å²) < 4.78 is 52.2. The fraction of sp³-hybridized carbons (Fsp3) is 0.615. The van der Waals surface area contributed by atoms with Gasteiger partial charge in [-0.05, 0) is 50.3 Å². The SMILES string of the molecule is CC(C)(C)C(=O)N1C2C=C(CN3CCC(NC(=O)Nc4cc(F)cc(C(F)(F)F)c4)CC3)CC1CC2. The topological polar surface area (TPSA) is 64.7 Å². The van der Waals surface area contributed by atoms with Gasteiger partial charge in [0.05, 0.1) is 11.6 Å². The molecule has 10 heteroatoms. The van der Waals surface area contributed by atoms with Crippen LogP contribution < -0.4 is 10.6 Å². The number of amides is 3. The maximum Gasteiger partial charge on any atom is 0.416 e. The Balaban J connectivity index is 1.26. The van der Waals surface area contributed by atoms with Gasteiger partial charge in [0.1, 0.15) is 5.82 Å². The van der Waals surface area contributed by atoms with Crippen LogP contribution in [0.1, 0.15) is 58.4 Å². The number of anilines is 1. The number of carbonyl (C=O) groups excluding carboxylic acids is 2. The molecule has 2 N–H and O–H groups in total. The number of piperidine rings is 1. The van der Waals surface area contributed by atoms with E-state index < -0.39 is 23.6 Å². The van der Waals surface area contributed by atoms with E-state index in [2.05, 4.69) is 26.5 Å². The molecule has 4 rings (SSSR count). The van der Waals surface area contributed by atoms with Crippen molar-refractivity contribution in [1.29, 1.82) is 0 Å². The first kappa shape index (κ1) is 26.4. The minimum Gasteiger partial charge on any atom is -0.335 e. The Labute approximate surface area is 209 Å². The average Bonchev–Trinajstić information content (AvgIpc) is 3.02. The van der Waals surface area contributed by atoms with Crippen molar-refractivity contribution in [3.63, 3.8) is 0 Å². The van der Waals surface area contributed by atoms with E-state index in [1.807, 2.05) is 20.8 Å². The van der Waals surface area contributed by atoms with E-state index in [4.69, 9.17) is 0 Å². The zero-order valence-corrected chi connectivity index (χ0v) is 20.9. The predicted molar refractivity (Wildman–Crippen MR) is 129 cm³/mol.